The third-order valence-corrected chi connectivity index (χ3v) is 6.15. The SMILES string of the molecule is COc1ccc(-c2csc(NC(=O)c3ccc4c(c3)C(=O)c3ccccc3-4)n2)cc1OC. The van der Waals surface area contributed by atoms with Gasteiger partial charge in [0.25, 0.3) is 5.91 Å². The number of ketones is 1. The summed E-state index contributed by atoms with van der Waals surface area (Å²) in [6, 6.07) is 18.2. The van der Waals surface area contributed by atoms with Gasteiger partial charge in [-0.25, -0.2) is 4.98 Å². The van der Waals surface area contributed by atoms with Crippen LogP contribution in [0.3, 0.4) is 0 Å². The second-order valence-corrected chi connectivity index (χ2v) is 8.05. The third kappa shape index (κ3) is 3.33. The minimum Gasteiger partial charge on any atom is -0.493 e. The number of amides is 1. The lowest BCUT2D eigenvalue weighted by Crippen LogP contribution is -2.12. The molecule has 1 aromatic heterocycles. The van der Waals surface area contributed by atoms with E-state index in [4.69, 9.17) is 9.47 Å². The van der Waals surface area contributed by atoms with Crippen LogP contribution in [0, 0.1) is 0 Å². The molecule has 1 amide bonds. The molecule has 0 atom stereocenters. The highest BCUT2D eigenvalue weighted by Gasteiger charge is 2.27. The van der Waals surface area contributed by atoms with Crippen molar-refractivity contribution in [1.82, 2.24) is 4.98 Å². The molecule has 5 rings (SSSR count). The average Bonchev–Trinajstić information content (AvgIpc) is 3.41. The van der Waals surface area contributed by atoms with Crippen molar-refractivity contribution < 1.29 is 19.1 Å². The predicted molar refractivity (Wildman–Crippen MR) is 124 cm³/mol. The fourth-order valence-electron chi connectivity index (χ4n) is 3.80. The van der Waals surface area contributed by atoms with Gasteiger partial charge in [-0.2, -0.15) is 0 Å². The number of aromatic nitrogens is 1. The Morgan fingerprint density at radius 1 is 0.875 bits per heavy atom. The highest BCUT2D eigenvalue weighted by atomic mass is 32.1. The van der Waals surface area contributed by atoms with Crippen LogP contribution in [0.2, 0.25) is 0 Å². The van der Waals surface area contributed by atoms with E-state index in [9.17, 15) is 9.59 Å². The summed E-state index contributed by atoms with van der Waals surface area (Å²) in [5.74, 6) is 0.862. The number of nitrogens with zero attached hydrogens (tertiary/aromatic N) is 1. The zero-order chi connectivity index (χ0) is 22.2. The normalized spacial score (nSPS) is 11.6. The van der Waals surface area contributed by atoms with E-state index in [0.29, 0.717) is 39.0 Å². The summed E-state index contributed by atoms with van der Waals surface area (Å²) >= 11 is 1.32. The van der Waals surface area contributed by atoms with Crippen LogP contribution in [0.1, 0.15) is 26.3 Å². The molecular formula is C25H18N2O4S. The zero-order valence-corrected chi connectivity index (χ0v) is 18.2. The molecule has 1 aliphatic carbocycles. The van der Waals surface area contributed by atoms with Crippen LogP contribution in [0.4, 0.5) is 5.13 Å². The molecule has 3 aromatic carbocycles. The minimum absolute atomic E-state index is 0.0600. The first-order valence-electron chi connectivity index (χ1n) is 9.86. The number of rotatable bonds is 5. The molecule has 32 heavy (non-hydrogen) atoms. The van der Waals surface area contributed by atoms with Crippen molar-refractivity contribution in [2.75, 3.05) is 19.5 Å². The molecule has 1 heterocycles. The van der Waals surface area contributed by atoms with Gasteiger partial charge < -0.3 is 9.47 Å². The Labute approximate surface area is 188 Å². The highest BCUT2D eigenvalue weighted by molar-refractivity contribution is 7.14. The van der Waals surface area contributed by atoms with Crippen LogP contribution in [0.25, 0.3) is 22.4 Å². The summed E-state index contributed by atoms with van der Waals surface area (Å²) in [7, 11) is 3.16. The van der Waals surface area contributed by atoms with Crippen LogP contribution in [-0.4, -0.2) is 30.9 Å². The van der Waals surface area contributed by atoms with Gasteiger partial charge >= 0.3 is 0 Å². The summed E-state index contributed by atoms with van der Waals surface area (Å²) in [6.45, 7) is 0. The maximum atomic E-state index is 12.8. The molecule has 0 bridgehead atoms. The Hall–Kier alpha value is -3.97. The van der Waals surface area contributed by atoms with Crippen molar-refractivity contribution in [3.8, 4) is 33.9 Å². The number of carbonyl (C=O) groups is 2. The van der Waals surface area contributed by atoms with Gasteiger partial charge in [0.1, 0.15) is 0 Å². The molecule has 0 saturated carbocycles. The Balaban J connectivity index is 1.37. The van der Waals surface area contributed by atoms with Crippen molar-refractivity contribution in [1.29, 1.82) is 0 Å². The number of nitrogens with one attached hydrogen (secondary N) is 1. The number of carbonyl (C=O) groups excluding carboxylic acids is 2. The Morgan fingerprint density at radius 3 is 2.41 bits per heavy atom. The van der Waals surface area contributed by atoms with E-state index in [-0.39, 0.29) is 11.7 Å². The fourth-order valence-corrected chi connectivity index (χ4v) is 4.51. The summed E-state index contributed by atoms with van der Waals surface area (Å²) < 4.78 is 10.6. The minimum atomic E-state index is -0.315. The Bertz CT molecular complexity index is 1380. The zero-order valence-electron chi connectivity index (χ0n) is 17.3. The number of thiazole rings is 1. The van der Waals surface area contributed by atoms with E-state index >= 15 is 0 Å². The van der Waals surface area contributed by atoms with Gasteiger partial charge in [-0.1, -0.05) is 30.3 Å². The van der Waals surface area contributed by atoms with Gasteiger partial charge in [0.05, 0.1) is 19.9 Å². The van der Waals surface area contributed by atoms with Gasteiger partial charge in [-0.05, 0) is 41.5 Å². The topological polar surface area (TPSA) is 77.5 Å². The first kappa shape index (κ1) is 20.0. The predicted octanol–water partition coefficient (Wildman–Crippen LogP) is 5.29. The van der Waals surface area contributed by atoms with Gasteiger partial charge in [0.15, 0.2) is 22.4 Å². The summed E-state index contributed by atoms with van der Waals surface area (Å²) in [5, 5.41) is 5.16. The summed E-state index contributed by atoms with van der Waals surface area (Å²) in [4.78, 5) is 30.1. The molecule has 0 saturated heterocycles. The monoisotopic (exact) mass is 442 g/mol. The number of hydrogen-bond donors (Lipinski definition) is 1. The molecule has 4 aromatic rings. The summed E-state index contributed by atoms with van der Waals surface area (Å²) in [5.41, 5.74) is 4.94. The van der Waals surface area contributed by atoms with Crippen LogP contribution in [0.15, 0.2) is 66.0 Å². The van der Waals surface area contributed by atoms with E-state index in [1.807, 2.05) is 53.9 Å². The van der Waals surface area contributed by atoms with Gasteiger partial charge in [0, 0.05) is 27.6 Å². The summed E-state index contributed by atoms with van der Waals surface area (Å²) in [6.07, 6.45) is 0. The van der Waals surface area contributed by atoms with E-state index in [0.717, 1.165) is 16.7 Å². The second-order valence-electron chi connectivity index (χ2n) is 7.20. The van der Waals surface area contributed by atoms with Crippen molar-refractivity contribution in [3.05, 3.63) is 82.7 Å². The Kier molecular flexibility index (Phi) is 4.95. The lowest BCUT2D eigenvalue weighted by Gasteiger charge is -2.08. The van der Waals surface area contributed by atoms with Crippen molar-refractivity contribution in [2.45, 2.75) is 0 Å². The highest BCUT2D eigenvalue weighted by Crippen LogP contribution is 2.37. The number of fused-ring (bicyclic) bond motifs is 3. The van der Waals surface area contributed by atoms with Crippen LogP contribution in [-0.2, 0) is 0 Å². The molecule has 0 unspecified atom stereocenters. The maximum absolute atomic E-state index is 12.8. The fraction of sp³-hybridized carbons (Fsp3) is 0.0800. The van der Waals surface area contributed by atoms with Crippen LogP contribution in [0.5, 0.6) is 11.5 Å². The van der Waals surface area contributed by atoms with E-state index < -0.39 is 0 Å². The Morgan fingerprint density at radius 2 is 1.62 bits per heavy atom. The first-order valence-corrected chi connectivity index (χ1v) is 10.7. The van der Waals surface area contributed by atoms with Crippen LogP contribution >= 0.6 is 11.3 Å². The standard InChI is InChI=1S/C25H18N2O4S/c1-30-21-10-8-14(12-22(21)31-2)20-13-32-25(26-20)27-24(29)15-7-9-17-16-5-3-4-6-18(16)23(28)19(17)11-15/h3-13H,1-2H3,(H,26,27,29). The molecule has 0 spiro atoms. The van der Waals surface area contributed by atoms with Crippen molar-refractivity contribution in [2.24, 2.45) is 0 Å². The molecule has 1 aliphatic rings. The lowest BCUT2D eigenvalue weighted by molar-refractivity contribution is 0.102. The molecule has 1 N–H and O–H groups in total. The largest absolute Gasteiger partial charge is 0.493 e. The van der Waals surface area contributed by atoms with E-state index in [1.54, 1.807) is 26.4 Å². The van der Waals surface area contributed by atoms with Gasteiger partial charge in [-0.15, -0.1) is 11.3 Å². The van der Waals surface area contributed by atoms with Crippen LogP contribution < -0.4 is 14.8 Å². The maximum Gasteiger partial charge on any atom is 0.257 e. The molecule has 0 aliphatic heterocycles. The molecule has 0 radical (unpaired) electrons. The number of methoxy groups -OCH3 is 2. The van der Waals surface area contributed by atoms with Crippen molar-refractivity contribution in [3.63, 3.8) is 0 Å². The average molecular weight is 442 g/mol. The number of ether oxygens (including phenoxy) is 2. The lowest BCUT2D eigenvalue weighted by atomic mass is 10.0. The quantitative estimate of drug-likeness (QED) is 0.400. The molecular weight excluding hydrogens is 424 g/mol. The molecule has 6 nitrogen and oxygen atoms in total. The van der Waals surface area contributed by atoms with Gasteiger partial charge in [-0.3, -0.25) is 14.9 Å². The van der Waals surface area contributed by atoms with Crippen molar-refractivity contribution >= 4 is 28.2 Å². The number of anilines is 1. The van der Waals surface area contributed by atoms with E-state index in [2.05, 4.69) is 10.3 Å². The second kappa shape index (κ2) is 7.94. The smallest absolute Gasteiger partial charge is 0.257 e. The molecule has 158 valence electrons. The third-order valence-electron chi connectivity index (χ3n) is 5.39. The first-order chi connectivity index (χ1) is 15.6. The van der Waals surface area contributed by atoms with Gasteiger partial charge in [0.2, 0.25) is 0 Å². The molecule has 0 fully saturated rings. The number of benzene rings is 3. The molecule has 7 heteroatoms. The van der Waals surface area contributed by atoms with E-state index in [1.165, 1.54) is 11.3 Å². The number of hydrogen-bond acceptors (Lipinski definition) is 6.